The summed E-state index contributed by atoms with van der Waals surface area (Å²) in [5, 5.41) is 0. The van der Waals surface area contributed by atoms with Gasteiger partial charge < -0.3 is 15.2 Å². The molecule has 0 unspecified atom stereocenters. The lowest BCUT2D eigenvalue weighted by Crippen LogP contribution is -2.17. The van der Waals surface area contributed by atoms with Crippen LogP contribution in [-0.2, 0) is 9.84 Å². The number of hydrogen-bond donors (Lipinski definition) is 1. The largest absolute Gasteiger partial charge is 0.490 e. The van der Waals surface area contributed by atoms with Crippen LogP contribution >= 0.6 is 0 Å². The summed E-state index contributed by atoms with van der Waals surface area (Å²) in [5.74, 6) is 0.668. The van der Waals surface area contributed by atoms with E-state index in [1.54, 1.807) is 12.1 Å². The van der Waals surface area contributed by atoms with Gasteiger partial charge in [0.2, 0.25) is 0 Å². The van der Waals surface area contributed by atoms with Crippen molar-refractivity contribution in [3.05, 3.63) is 18.2 Å². The van der Waals surface area contributed by atoms with Gasteiger partial charge in [0.25, 0.3) is 0 Å². The predicted molar refractivity (Wildman–Crippen MR) is 79.1 cm³/mol. The van der Waals surface area contributed by atoms with E-state index in [2.05, 4.69) is 0 Å². The summed E-state index contributed by atoms with van der Waals surface area (Å²) in [4.78, 5) is 0.157. The molecule has 0 fully saturated rings. The van der Waals surface area contributed by atoms with Gasteiger partial charge in [0.1, 0.15) is 4.90 Å². The molecule has 1 aromatic carbocycles. The molecule has 0 bridgehead atoms. The standard InChI is InChI=1S/C14H23NO4S/c1-3-9-18-12-6-5-7-13(14(12)19-10-4-2)20(16,17)11-8-15/h5-7H,3-4,8-11,15H2,1-2H3. The van der Waals surface area contributed by atoms with Crippen molar-refractivity contribution in [1.29, 1.82) is 0 Å². The first-order valence-corrected chi connectivity index (χ1v) is 8.53. The first kappa shape index (κ1) is 16.8. The van der Waals surface area contributed by atoms with Gasteiger partial charge in [0, 0.05) is 6.54 Å². The van der Waals surface area contributed by atoms with Crippen molar-refractivity contribution in [2.24, 2.45) is 5.73 Å². The van der Waals surface area contributed by atoms with Crippen LogP contribution in [0.2, 0.25) is 0 Å². The molecule has 0 spiro atoms. The maximum absolute atomic E-state index is 12.2. The fourth-order valence-corrected chi connectivity index (χ4v) is 2.94. The van der Waals surface area contributed by atoms with E-state index in [9.17, 15) is 8.42 Å². The molecule has 0 aliphatic heterocycles. The molecule has 0 amide bonds. The number of rotatable bonds is 9. The first-order valence-electron chi connectivity index (χ1n) is 6.88. The topological polar surface area (TPSA) is 78.6 Å². The Kier molecular flexibility index (Phi) is 6.81. The van der Waals surface area contributed by atoms with Gasteiger partial charge in [-0.25, -0.2) is 8.42 Å². The van der Waals surface area contributed by atoms with Crippen LogP contribution in [0.15, 0.2) is 23.1 Å². The van der Waals surface area contributed by atoms with Crippen LogP contribution in [-0.4, -0.2) is 33.9 Å². The van der Waals surface area contributed by atoms with Crippen LogP contribution in [0, 0.1) is 0 Å². The molecule has 114 valence electrons. The Labute approximate surface area is 121 Å². The summed E-state index contributed by atoms with van der Waals surface area (Å²) < 4.78 is 35.6. The Bertz CT molecular complexity index is 514. The van der Waals surface area contributed by atoms with Crippen LogP contribution in [0.5, 0.6) is 11.5 Å². The van der Waals surface area contributed by atoms with Gasteiger partial charge in [-0.15, -0.1) is 0 Å². The number of para-hydroxylation sites is 1. The van der Waals surface area contributed by atoms with E-state index in [1.807, 2.05) is 13.8 Å². The minimum Gasteiger partial charge on any atom is -0.490 e. The normalized spacial score (nSPS) is 11.3. The lowest BCUT2D eigenvalue weighted by molar-refractivity contribution is 0.262. The second kappa shape index (κ2) is 8.11. The highest BCUT2D eigenvalue weighted by atomic mass is 32.2. The Morgan fingerprint density at radius 2 is 1.75 bits per heavy atom. The third kappa shape index (κ3) is 4.38. The van der Waals surface area contributed by atoms with Crippen molar-refractivity contribution in [2.75, 3.05) is 25.5 Å². The van der Waals surface area contributed by atoms with E-state index in [-0.39, 0.29) is 17.2 Å². The van der Waals surface area contributed by atoms with E-state index >= 15 is 0 Å². The Hall–Kier alpha value is -1.27. The fraction of sp³-hybridized carbons (Fsp3) is 0.571. The highest BCUT2D eigenvalue weighted by molar-refractivity contribution is 7.91. The van der Waals surface area contributed by atoms with Crippen LogP contribution in [0.4, 0.5) is 0 Å². The van der Waals surface area contributed by atoms with Gasteiger partial charge in [-0.1, -0.05) is 19.9 Å². The van der Waals surface area contributed by atoms with E-state index < -0.39 is 9.84 Å². The molecule has 0 saturated carbocycles. The molecule has 0 aromatic heterocycles. The quantitative estimate of drug-likeness (QED) is 0.754. The second-order valence-electron chi connectivity index (χ2n) is 4.39. The van der Waals surface area contributed by atoms with Crippen molar-refractivity contribution < 1.29 is 17.9 Å². The Morgan fingerprint density at radius 1 is 1.10 bits per heavy atom. The summed E-state index contributed by atoms with van der Waals surface area (Å²) in [6.45, 7) is 4.99. The summed E-state index contributed by atoms with van der Waals surface area (Å²) in [6, 6.07) is 4.92. The molecule has 1 rings (SSSR count). The zero-order valence-corrected chi connectivity index (χ0v) is 12.9. The van der Waals surface area contributed by atoms with Gasteiger partial charge >= 0.3 is 0 Å². The van der Waals surface area contributed by atoms with E-state index in [4.69, 9.17) is 15.2 Å². The Balaban J connectivity index is 3.20. The van der Waals surface area contributed by atoms with Crippen molar-refractivity contribution >= 4 is 9.84 Å². The summed E-state index contributed by atoms with van der Waals surface area (Å²) in [6.07, 6.45) is 1.63. The zero-order valence-electron chi connectivity index (χ0n) is 12.1. The van der Waals surface area contributed by atoms with Crippen molar-refractivity contribution in [1.82, 2.24) is 0 Å². The highest BCUT2D eigenvalue weighted by Gasteiger charge is 2.22. The SMILES string of the molecule is CCCOc1cccc(S(=O)(=O)CCN)c1OCCC. The smallest absolute Gasteiger partial charge is 0.183 e. The maximum atomic E-state index is 12.2. The van der Waals surface area contributed by atoms with Crippen molar-refractivity contribution in [3.63, 3.8) is 0 Å². The summed E-state index contributed by atoms with van der Waals surface area (Å²) in [5.41, 5.74) is 5.37. The number of nitrogens with two attached hydrogens (primary N) is 1. The molecule has 5 nitrogen and oxygen atoms in total. The van der Waals surface area contributed by atoms with E-state index in [1.165, 1.54) is 6.07 Å². The van der Waals surface area contributed by atoms with E-state index in [0.717, 1.165) is 12.8 Å². The minimum absolute atomic E-state index is 0.0790. The molecule has 1 aromatic rings. The van der Waals surface area contributed by atoms with Gasteiger partial charge in [-0.2, -0.15) is 0 Å². The average molecular weight is 301 g/mol. The second-order valence-corrected chi connectivity index (χ2v) is 6.47. The molecule has 0 heterocycles. The monoisotopic (exact) mass is 301 g/mol. The van der Waals surface area contributed by atoms with Crippen LogP contribution < -0.4 is 15.2 Å². The van der Waals surface area contributed by atoms with Crippen molar-refractivity contribution in [2.45, 2.75) is 31.6 Å². The molecule has 0 radical (unpaired) electrons. The molecular weight excluding hydrogens is 278 g/mol. The fourth-order valence-electron chi connectivity index (χ4n) is 1.68. The van der Waals surface area contributed by atoms with Crippen LogP contribution in [0.1, 0.15) is 26.7 Å². The van der Waals surface area contributed by atoms with Gasteiger partial charge in [0.15, 0.2) is 21.3 Å². The number of benzene rings is 1. The van der Waals surface area contributed by atoms with Crippen molar-refractivity contribution in [3.8, 4) is 11.5 Å². The highest BCUT2D eigenvalue weighted by Crippen LogP contribution is 2.35. The van der Waals surface area contributed by atoms with Gasteiger partial charge in [0.05, 0.1) is 19.0 Å². The number of sulfone groups is 1. The average Bonchev–Trinajstić information content (AvgIpc) is 2.42. The lowest BCUT2D eigenvalue weighted by atomic mass is 10.3. The molecule has 0 aliphatic carbocycles. The Morgan fingerprint density at radius 3 is 2.35 bits per heavy atom. The van der Waals surface area contributed by atoms with E-state index in [0.29, 0.717) is 24.7 Å². The van der Waals surface area contributed by atoms with Gasteiger partial charge in [-0.05, 0) is 25.0 Å². The predicted octanol–water partition coefficient (Wildman–Crippen LogP) is 2.00. The summed E-state index contributed by atoms with van der Waals surface area (Å²) in [7, 11) is -3.45. The van der Waals surface area contributed by atoms with Crippen LogP contribution in [0.25, 0.3) is 0 Å². The molecule has 0 aliphatic rings. The maximum Gasteiger partial charge on any atom is 0.183 e. The number of hydrogen-bond acceptors (Lipinski definition) is 5. The minimum atomic E-state index is -3.45. The first-order chi connectivity index (χ1) is 9.56. The van der Waals surface area contributed by atoms with Crippen LogP contribution in [0.3, 0.4) is 0 Å². The number of ether oxygens (including phenoxy) is 2. The van der Waals surface area contributed by atoms with Gasteiger partial charge in [-0.3, -0.25) is 0 Å². The molecule has 6 heteroatoms. The molecular formula is C14H23NO4S. The third-order valence-corrected chi connectivity index (χ3v) is 4.34. The lowest BCUT2D eigenvalue weighted by Gasteiger charge is -2.16. The molecule has 0 saturated heterocycles. The molecule has 2 N–H and O–H groups in total. The molecule has 0 atom stereocenters. The molecule has 20 heavy (non-hydrogen) atoms. The third-order valence-electron chi connectivity index (χ3n) is 2.58. The summed E-state index contributed by atoms with van der Waals surface area (Å²) >= 11 is 0. The zero-order chi connectivity index (χ0) is 15.0.